The maximum atomic E-state index is 5.50. The Kier molecular flexibility index (Phi) is 4.93. The van der Waals surface area contributed by atoms with Gasteiger partial charge in [0, 0.05) is 24.7 Å². The van der Waals surface area contributed by atoms with Crippen LogP contribution in [0.25, 0.3) is 0 Å². The van der Waals surface area contributed by atoms with Crippen LogP contribution in [0.15, 0.2) is 6.33 Å². The highest BCUT2D eigenvalue weighted by Crippen LogP contribution is 2.25. The van der Waals surface area contributed by atoms with Gasteiger partial charge < -0.3 is 15.6 Å². The third-order valence-corrected chi connectivity index (χ3v) is 3.51. The molecule has 1 aliphatic rings. The summed E-state index contributed by atoms with van der Waals surface area (Å²) in [4.78, 5) is 10.9. The van der Waals surface area contributed by atoms with E-state index in [0.29, 0.717) is 0 Å². The maximum absolute atomic E-state index is 5.50. The molecule has 1 saturated carbocycles. The number of nitrogens with zero attached hydrogens (tertiary/aromatic N) is 3. The summed E-state index contributed by atoms with van der Waals surface area (Å²) < 4.78 is 0. The van der Waals surface area contributed by atoms with E-state index < -0.39 is 0 Å². The van der Waals surface area contributed by atoms with Crippen LogP contribution >= 0.6 is 0 Å². The molecule has 0 atom stereocenters. The molecule has 19 heavy (non-hydrogen) atoms. The second-order valence-electron chi connectivity index (χ2n) is 5.08. The second-order valence-corrected chi connectivity index (χ2v) is 5.08. The van der Waals surface area contributed by atoms with Crippen molar-refractivity contribution in [2.45, 2.75) is 38.6 Å². The third kappa shape index (κ3) is 3.78. The number of aromatic nitrogens is 2. The fraction of sp³-hybridized carbons (Fsp3) is 0.692. The quantitative estimate of drug-likeness (QED) is 0.484. The molecule has 4 N–H and O–H groups in total. The van der Waals surface area contributed by atoms with Crippen LogP contribution in [0.5, 0.6) is 0 Å². The Hall–Kier alpha value is -1.40. The van der Waals surface area contributed by atoms with Crippen LogP contribution in [0, 0.1) is 0 Å². The molecule has 2 rings (SSSR count). The molecule has 0 saturated heterocycles. The lowest BCUT2D eigenvalue weighted by molar-refractivity contribution is 0.337. The van der Waals surface area contributed by atoms with Crippen molar-refractivity contribution in [1.82, 2.24) is 14.9 Å². The lowest BCUT2D eigenvalue weighted by Crippen LogP contribution is -2.27. The zero-order valence-corrected chi connectivity index (χ0v) is 11.8. The van der Waals surface area contributed by atoms with E-state index in [1.54, 1.807) is 6.33 Å². The summed E-state index contributed by atoms with van der Waals surface area (Å²) in [6.45, 7) is 4.06. The Bertz CT molecular complexity index is 404. The van der Waals surface area contributed by atoms with Crippen molar-refractivity contribution in [2.75, 3.05) is 30.9 Å². The molecular weight excluding hydrogens is 240 g/mol. The van der Waals surface area contributed by atoms with Gasteiger partial charge in [-0.25, -0.2) is 15.8 Å². The van der Waals surface area contributed by atoms with E-state index in [4.69, 9.17) is 5.84 Å². The van der Waals surface area contributed by atoms with Gasteiger partial charge in [0.15, 0.2) is 0 Å². The van der Waals surface area contributed by atoms with Crippen molar-refractivity contribution < 1.29 is 0 Å². The summed E-state index contributed by atoms with van der Waals surface area (Å²) in [6, 6.07) is 0.795. The monoisotopic (exact) mass is 264 g/mol. The number of nitrogen functional groups attached to an aromatic ring is 1. The molecule has 1 fully saturated rings. The normalized spacial score (nSPS) is 14.7. The number of rotatable bonds is 8. The zero-order valence-electron chi connectivity index (χ0n) is 11.8. The third-order valence-electron chi connectivity index (χ3n) is 3.51. The Morgan fingerprint density at radius 1 is 1.37 bits per heavy atom. The van der Waals surface area contributed by atoms with Crippen molar-refractivity contribution in [3.05, 3.63) is 11.9 Å². The Balaban J connectivity index is 1.93. The van der Waals surface area contributed by atoms with Gasteiger partial charge >= 0.3 is 0 Å². The number of likely N-dealkylation sites (N-methyl/N-ethyl adjacent to an activating group) is 1. The van der Waals surface area contributed by atoms with Crippen LogP contribution in [-0.4, -0.2) is 41.0 Å². The van der Waals surface area contributed by atoms with E-state index in [0.717, 1.165) is 49.2 Å². The number of anilines is 2. The summed E-state index contributed by atoms with van der Waals surface area (Å²) >= 11 is 0. The van der Waals surface area contributed by atoms with E-state index in [9.17, 15) is 0 Å². The molecule has 0 unspecified atom stereocenters. The molecule has 106 valence electrons. The molecule has 0 amide bonds. The first kappa shape index (κ1) is 14.0. The summed E-state index contributed by atoms with van der Waals surface area (Å²) in [5, 5.41) is 3.40. The van der Waals surface area contributed by atoms with Crippen molar-refractivity contribution in [3.63, 3.8) is 0 Å². The molecular formula is C13H24N6. The van der Waals surface area contributed by atoms with Crippen LogP contribution in [0.3, 0.4) is 0 Å². The van der Waals surface area contributed by atoms with Crippen LogP contribution in [0.2, 0.25) is 0 Å². The largest absolute Gasteiger partial charge is 0.368 e. The first-order valence-electron chi connectivity index (χ1n) is 7.00. The van der Waals surface area contributed by atoms with Crippen molar-refractivity contribution in [2.24, 2.45) is 5.84 Å². The number of hydrogen-bond acceptors (Lipinski definition) is 6. The minimum atomic E-state index is 0.717. The minimum absolute atomic E-state index is 0.717. The van der Waals surface area contributed by atoms with Crippen LogP contribution in [0.1, 0.15) is 31.7 Å². The van der Waals surface area contributed by atoms with E-state index in [1.165, 1.54) is 12.8 Å². The molecule has 6 heteroatoms. The molecule has 0 bridgehead atoms. The van der Waals surface area contributed by atoms with Crippen molar-refractivity contribution in [3.8, 4) is 0 Å². The van der Waals surface area contributed by atoms with Gasteiger partial charge in [0.1, 0.15) is 18.0 Å². The first-order chi connectivity index (χ1) is 9.26. The van der Waals surface area contributed by atoms with Gasteiger partial charge in [-0.15, -0.1) is 0 Å². The summed E-state index contributed by atoms with van der Waals surface area (Å²) in [5.74, 6) is 7.11. The number of hydrazine groups is 1. The van der Waals surface area contributed by atoms with Gasteiger partial charge in [-0.2, -0.15) is 0 Å². The van der Waals surface area contributed by atoms with E-state index in [2.05, 4.69) is 39.6 Å². The molecule has 1 aromatic rings. The highest BCUT2D eigenvalue weighted by Gasteiger charge is 2.25. The first-order valence-corrected chi connectivity index (χ1v) is 7.00. The van der Waals surface area contributed by atoms with Crippen molar-refractivity contribution >= 4 is 11.6 Å². The molecule has 0 spiro atoms. The fourth-order valence-electron chi connectivity index (χ4n) is 2.22. The fourth-order valence-corrected chi connectivity index (χ4v) is 2.22. The molecule has 1 heterocycles. The average molecular weight is 264 g/mol. The molecule has 1 aliphatic carbocycles. The standard InChI is InChI=1S/C13H24N6/c1-3-4-11-12(16-9-17-13(11)18-14)15-7-8-19(2)10-5-6-10/h9-10H,3-8,14H2,1-2H3,(H2,15,16,17,18). The van der Waals surface area contributed by atoms with Gasteiger partial charge in [-0.1, -0.05) is 13.3 Å². The molecule has 0 aromatic carbocycles. The topological polar surface area (TPSA) is 79.1 Å². The molecule has 0 aliphatic heterocycles. The molecule has 1 aromatic heterocycles. The van der Waals surface area contributed by atoms with Crippen molar-refractivity contribution in [1.29, 1.82) is 0 Å². The van der Waals surface area contributed by atoms with Crippen LogP contribution in [-0.2, 0) is 6.42 Å². The maximum Gasteiger partial charge on any atom is 0.148 e. The molecule has 6 nitrogen and oxygen atoms in total. The SMILES string of the molecule is CCCc1c(NN)ncnc1NCCN(C)C1CC1. The van der Waals surface area contributed by atoms with E-state index >= 15 is 0 Å². The van der Waals surface area contributed by atoms with Gasteiger partial charge in [0.2, 0.25) is 0 Å². The smallest absolute Gasteiger partial charge is 0.148 e. The lowest BCUT2D eigenvalue weighted by atomic mass is 10.1. The zero-order chi connectivity index (χ0) is 13.7. The van der Waals surface area contributed by atoms with Crippen LogP contribution in [0.4, 0.5) is 11.6 Å². The Morgan fingerprint density at radius 3 is 2.74 bits per heavy atom. The predicted molar refractivity (Wildman–Crippen MR) is 78.0 cm³/mol. The van der Waals surface area contributed by atoms with Gasteiger partial charge in [0.25, 0.3) is 0 Å². The number of nitrogens with one attached hydrogen (secondary N) is 2. The highest BCUT2D eigenvalue weighted by molar-refractivity contribution is 5.56. The number of nitrogens with two attached hydrogens (primary N) is 1. The van der Waals surface area contributed by atoms with Crippen LogP contribution < -0.4 is 16.6 Å². The van der Waals surface area contributed by atoms with Gasteiger partial charge in [-0.3, -0.25) is 0 Å². The minimum Gasteiger partial charge on any atom is -0.368 e. The highest BCUT2D eigenvalue weighted by atomic mass is 15.3. The van der Waals surface area contributed by atoms with E-state index in [-0.39, 0.29) is 0 Å². The Morgan fingerprint density at radius 2 is 2.11 bits per heavy atom. The average Bonchev–Trinajstić information content (AvgIpc) is 3.25. The summed E-state index contributed by atoms with van der Waals surface area (Å²) in [5.41, 5.74) is 3.72. The summed E-state index contributed by atoms with van der Waals surface area (Å²) in [7, 11) is 2.18. The molecule has 0 radical (unpaired) electrons. The predicted octanol–water partition coefficient (Wildman–Crippen LogP) is 1.22. The lowest BCUT2D eigenvalue weighted by Gasteiger charge is -2.17. The van der Waals surface area contributed by atoms with E-state index in [1.807, 2.05) is 0 Å². The second kappa shape index (κ2) is 6.68. The summed E-state index contributed by atoms with van der Waals surface area (Å²) in [6.07, 6.45) is 6.18. The van der Waals surface area contributed by atoms with Gasteiger partial charge in [-0.05, 0) is 26.3 Å². The van der Waals surface area contributed by atoms with Gasteiger partial charge in [0.05, 0.1) is 0 Å². The number of hydrogen-bond donors (Lipinski definition) is 3. The Labute approximate surface area is 114 Å².